The molecule has 0 atom stereocenters. The third-order valence-corrected chi connectivity index (χ3v) is 2.66. The SMILES string of the molecule is CN=C(N)NCc1ccc(OCCCN(C)C)cc1. The van der Waals surface area contributed by atoms with E-state index in [1.807, 2.05) is 24.3 Å². The van der Waals surface area contributed by atoms with Crippen LogP contribution in [0.4, 0.5) is 0 Å². The van der Waals surface area contributed by atoms with Crippen molar-refractivity contribution in [3.05, 3.63) is 29.8 Å². The Morgan fingerprint density at radius 2 is 2.00 bits per heavy atom. The van der Waals surface area contributed by atoms with Gasteiger partial charge in [-0.15, -0.1) is 0 Å². The quantitative estimate of drug-likeness (QED) is 0.439. The number of aliphatic imine (C=N–C) groups is 1. The molecular formula is C14H24N4O. The number of benzene rings is 1. The molecule has 1 aromatic carbocycles. The second kappa shape index (κ2) is 8.37. The van der Waals surface area contributed by atoms with Gasteiger partial charge in [-0.2, -0.15) is 0 Å². The molecule has 19 heavy (non-hydrogen) atoms. The number of ether oxygens (including phenoxy) is 1. The third kappa shape index (κ3) is 6.67. The second-order valence-electron chi connectivity index (χ2n) is 4.61. The Bertz CT molecular complexity index is 387. The van der Waals surface area contributed by atoms with Gasteiger partial charge in [0.25, 0.3) is 0 Å². The molecule has 0 unspecified atom stereocenters. The van der Waals surface area contributed by atoms with E-state index in [1.165, 1.54) is 0 Å². The van der Waals surface area contributed by atoms with E-state index in [4.69, 9.17) is 10.5 Å². The van der Waals surface area contributed by atoms with Gasteiger partial charge in [0.15, 0.2) is 5.96 Å². The lowest BCUT2D eigenvalue weighted by atomic mass is 10.2. The number of rotatable bonds is 7. The number of nitrogens with zero attached hydrogens (tertiary/aromatic N) is 2. The first-order valence-electron chi connectivity index (χ1n) is 6.44. The highest BCUT2D eigenvalue weighted by molar-refractivity contribution is 5.77. The highest BCUT2D eigenvalue weighted by Crippen LogP contribution is 2.12. The summed E-state index contributed by atoms with van der Waals surface area (Å²) in [5, 5.41) is 3.01. The molecule has 0 saturated heterocycles. The van der Waals surface area contributed by atoms with Gasteiger partial charge in [-0.25, -0.2) is 0 Å². The molecule has 0 saturated carbocycles. The lowest BCUT2D eigenvalue weighted by Crippen LogP contribution is -2.30. The van der Waals surface area contributed by atoms with Crippen LogP contribution in [0.15, 0.2) is 29.3 Å². The molecule has 5 nitrogen and oxygen atoms in total. The van der Waals surface area contributed by atoms with Crippen molar-refractivity contribution in [2.24, 2.45) is 10.7 Å². The molecule has 5 heteroatoms. The van der Waals surface area contributed by atoms with Gasteiger partial charge in [-0.3, -0.25) is 4.99 Å². The van der Waals surface area contributed by atoms with Crippen LogP contribution < -0.4 is 15.8 Å². The van der Waals surface area contributed by atoms with Crippen molar-refractivity contribution >= 4 is 5.96 Å². The molecule has 0 spiro atoms. The predicted octanol–water partition coefficient (Wildman–Crippen LogP) is 1.05. The molecule has 0 amide bonds. The van der Waals surface area contributed by atoms with Gasteiger partial charge >= 0.3 is 0 Å². The van der Waals surface area contributed by atoms with E-state index in [1.54, 1.807) is 7.05 Å². The Morgan fingerprint density at radius 1 is 1.32 bits per heavy atom. The molecule has 0 radical (unpaired) electrons. The monoisotopic (exact) mass is 264 g/mol. The lowest BCUT2D eigenvalue weighted by molar-refractivity contribution is 0.281. The summed E-state index contributed by atoms with van der Waals surface area (Å²) in [5.41, 5.74) is 6.71. The lowest BCUT2D eigenvalue weighted by Gasteiger charge is -2.11. The van der Waals surface area contributed by atoms with Gasteiger partial charge in [0.2, 0.25) is 0 Å². The zero-order chi connectivity index (χ0) is 14.1. The summed E-state index contributed by atoms with van der Waals surface area (Å²) < 4.78 is 5.66. The van der Waals surface area contributed by atoms with Crippen molar-refractivity contribution in [2.45, 2.75) is 13.0 Å². The Balaban J connectivity index is 2.31. The number of nitrogens with one attached hydrogen (secondary N) is 1. The third-order valence-electron chi connectivity index (χ3n) is 2.66. The van der Waals surface area contributed by atoms with E-state index < -0.39 is 0 Å². The molecule has 0 aliphatic carbocycles. The average molecular weight is 264 g/mol. The molecule has 1 aromatic rings. The summed E-state index contributed by atoms with van der Waals surface area (Å²) in [6, 6.07) is 8.01. The second-order valence-corrected chi connectivity index (χ2v) is 4.61. The highest BCUT2D eigenvalue weighted by Gasteiger charge is 1.97. The summed E-state index contributed by atoms with van der Waals surface area (Å²) in [6.45, 7) is 2.45. The minimum absolute atomic E-state index is 0.448. The van der Waals surface area contributed by atoms with Crippen LogP contribution in [-0.4, -0.2) is 45.2 Å². The van der Waals surface area contributed by atoms with Crippen molar-refractivity contribution in [1.29, 1.82) is 0 Å². The number of hydrogen-bond donors (Lipinski definition) is 2. The highest BCUT2D eigenvalue weighted by atomic mass is 16.5. The van der Waals surface area contributed by atoms with Crippen LogP contribution in [0.25, 0.3) is 0 Å². The fraction of sp³-hybridized carbons (Fsp3) is 0.500. The van der Waals surface area contributed by atoms with Gasteiger partial charge in [0, 0.05) is 20.1 Å². The topological polar surface area (TPSA) is 62.9 Å². The molecule has 0 aliphatic rings. The van der Waals surface area contributed by atoms with Gasteiger partial charge < -0.3 is 20.7 Å². The number of nitrogens with two attached hydrogens (primary N) is 1. The van der Waals surface area contributed by atoms with Crippen molar-refractivity contribution in [3.63, 3.8) is 0 Å². The van der Waals surface area contributed by atoms with Crippen LogP contribution in [0.1, 0.15) is 12.0 Å². The van der Waals surface area contributed by atoms with Crippen LogP contribution in [0.5, 0.6) is 5.75 Å². The van der Waals surface area contributed by atoms with Crippen molar-refractivity contribution in [2.75, 3.05) is 34.3 Å². The predicted molar refractivity (Wildman–Crippen MR) is 79.5 cm³/mol. The van der Waals surface area contributed by atoms with E-state index >= 15 is 0 Å². The molecule has 0 bridgehead atoms. The molecule has 106 valence electrons. The Morgan fingerprint density at radius 3 is 2.58 bits per heavy atom. The summed E-state index contributed by atoms with van der Waals surface area (Å²) >= 11 is 0. The van der Waals surface area contributed by atoms with Crippen LogP contribution in [-0.2, 0) is 6.54 Å². The molecule has 0 aromatic heterocycles. The van der Waals surface area contributed by atoms with E-state index in [0.717, 1.165) is 30.9 Å². The zero-order valence-corrected chi connectivity index (χ0v) is 12.0. The fourth-order valence-corrected chi connectivity index (χ4v) is 1.55. The summed E-state index contributed by atoms with van der Waals surface area (Å²) in [7, 11) is 5.78. The molecule has 0 fully saturated rings. The Labute approximate surface area is 115 Å². The van der Waals surface area contributed by atoms with Gasteiger partial charge in [-0.05, 0) is 38.2 Å². The Kier molecular flexibility index (Phi) is 6.74. The smallest absolute Gasteiger partial charge is 0.188 e. The molecule has 0 heterocycles. The maximum atomic E-state index is 5.66. The fourth-order valence-electron chi connectivity index (χ4n) is 1.55. The van der Waals surface area contributed by atoms with Crippen LogP contribution in [0.3, 0.4) is 0 Å². The summed E-state index contributed by atoms with van der Waals surface area (Å²) in [6.07, 6.45) is 1.03. The van der Waals surface area contributed by atoms with Crippen LogP contribution >= 0.6 is 0 Å². The van der Waals surface area contributed by atoms with E-state index in [0.29, 0.717) is 12.5 Å². The molecule has 0 aliphatic heterocycles. The zero-order valence-electron chi connectivity index (χ0n) is 12.0. The summed E-state index contributed by atoms with van der Waals surface area (Å²) in [4.78, 5) is 5.99. The van der Waals surface area contributed by atoms with Gasteiger partial charge in [0.05, 0.1) is 6.61 Å². The number of guanidine groups is 1. The first kappa shape index (κ1) is 15.3. The van der Waals surface area contributed by atoms with Crippen molar-refractivity contribution in [3.8, 4) is 5.75 Å². The maximum Gasteiger partial charge on any atom is 0.188 e. The van der Waals surface area contributed by atoms with Gasteiger partial charge in [0.1, 0.15) is 5.75 Å². The van der Waals surface area contributed by atoms with Crippen molar-refractivity contribution < 1.29 is 4.74 Å². The minimum atomic E-state index is 0.448. The Hall–Kier alpha value is -1.75. The van der Waals surface area contributed by atoms with E-state index in [2.05, 4.69) is 29.3 Å². The number of hydrogen-bond acceptors (Lipinski definition) is 3. The largest absolute Gasteiger partial charge is 0.494 e. The normalized spacial score (nSPS) is 11.7. The van der Waals surface area contributed by atoms with E-state index in [-0.39, 0.29) is 0 Å². The molecule has 3 N–H and O–H groups in total. The first-order chi connectivity index (χ1) is 9.11. The standard InChI is InChI=1S/C14H24N4O/c1-16-14(15)17-11-12-5-7-13(8-6-12)19-10-4-9-18(2)3/h5-8H,4,9-11H2,1-3H3,(H3,15,16,17). The van der Waals surface area contributed by atoms with Crippen molar-refractivity contribution in [1.82, 2.24) is 10.2 Å². The van der Waals surface area contributed by atoms with Crippen LogP contribution in [0, 0.1) is 0 Å². The molecular weight excluding hydrogens is 240 g/mol. The van der Waals surface area contributed by atoms with E-state index in [9.17, 15) is 0 Å². The maximum absolute atomic E-state index is 5.66. The van der Waals surface area contributed by atoms with Crippen LogP contribution in [0.2, 0.25) is 0 Å². The first-order valence-corrected chi connectivity index (χ1v) is 6.44. The average Bonchev–Trinajstić information content (AvgIpc) is 2.42. The summed E-state index contributed by atoms with van der Waals surface area (Å²) in [5.74, 6) is 1.35. The molecule has 1 rings (SSSR count). The minimum Gasteiger partial charge on any atom is -0.494 e. The van der Waals surface area contributed by atoms with Gasteiger partial charge in [-0.1, -0.05) is 12.1 Å².